The Kier molecular flexibility index (Phi) is 3.30. The molecule has 2 saturated carbocycles. The Hall–Kier alpha value is -0.610. The van der Waals surface area contributed by atoms with Crippen molar-refractivity contribution in [2.75, 3.05) is 0 Å². The van der Waals surface area contributed by atoms with Gasteiger partial charge in [-0.05, 0) is 45.4 Å². The van der Waals surface area contributed by atoms with E-state index in [1.165, 1.54) is 19.3 Å². The maximum Gasteiger partial charge on any atom is 0.232 e. The molecule has 2 aliphatic carbocycles. The number of rotatable bonds is 1. The van der Waals surface area contributed by atoms with E-state index < -0.39 is 6.10 Å². The first-order valence-corrected chi connectivity index (χ1v) is 8.83. The summed E-state index contributed by atoms with van der Waals surface area (Å²) in [6, 6.07) is 0.231. The number of β-lactam (4-membered cyclic amide) rings is 1. The Balaban J connectivity index is 1.68. The van der Waals surface area contributed by atoms with Crippen LogP contribution in [0.2, 0.25) is 0 Å². The van der Waals surface area contributed by atoms with E-state index in [0.717, 1.165) is 38.5 Å². The summed E-state index contributed by atoms with van der Waals surface area (Å²) in [5.41, 5.74) is -0.329. The lowest BCUT2D eigenvalue weighted by molar-refractivity contribution is -0.306. The fourth-order valence-corrected chi connectivity index (χ4v) is 5.42. The molecule has 0 aromatic heterocycles. The number of amides is 1. The summed E-state index contributed by atoms with van der Waals surface area (Å²) in [6.45, 7) is 1.78. The van der Waals surface area contributed by atoms with Gasteiger partial charge in [0.05, 0.1) is 24.2 Å². The number of hydrogen-bond donors (Lipinski definition) is 1. The third-order valence-corrected chi connectivity index (χ3v) is 6.35. The van der Waals surface area contributed by atoms with Gasteiger partial charge < -0.3 is 14.7 Å². The lowest BCUT2D eigenvalue weighted by atomic mass is 9.65. The van der Waals surface area contributed by atoms with E-state index in [1.54, 1.807) is 6.92 Å². The molecule has 1 N–H and O–H groups in total. The second-order valence-corrected chi connectivity index (χ2v) is 7.58. The van der Waals surface area contributed by atoms with Crippen LogP contribution in [-0.2, 0) is 9.53 Å². The number of nitrogens with zero attached hydrogens (tertiary/aromatic N) is 1. The fraction of sp³-hybridized carbons (Fsp3) is 0.941. The highest BCUT2D eigenvalue weighted by Gasteiger charge is 2.65. The molecule has 5 atom stereocenters. The van der Waals surface area contributed by atoms with Crippen LogP contribution in [0.1, 0.15) is 64.7 Å². The Labute approximate surface area is 126 Å². The normalized spacial score (nSPS) is 43.0. The standard InChI is InChI=1S/C17H27NO3/c1-11(19)14-15-12-7-3-4-8-13(12)21-17(18(15)16(14)20)9-5-2-6-10-17/h11-15,19H,2-10H2,1H3/t11-,12+,13-,14-,15-/m1/s1. The third kappa shape index (κ3) is 1.91. The first-order valence-electron chi connectivity index (χ1n) is 8.83. The van der Waals surface area contributed by atoms with Crippen molar-refractivity contribution in [1.29, 1.82) is 0 Å². The van der Waals surface area contributed by atoms with E-state index in [0.29, 0.717) is 12.0 Å². The summed E-state index contributed by atoms with van der Waals surface area (Å²) in [7, 11) is 0. The first kappa shape index (κ1) is 14.0. The van der Waals surface area contributed by atoms with Crippen LogP contribution in [0.15, 0.2) is 0 Å². The van der Waals surface area contributed by atoms with Gasteiger partial charge in [0.15, 0.2) is 0 Å². The SMILES string of the molecule is C[C@@H](O)[C@H]1C(=O)N2[C@@H]1[C@H]1CCCC[C@H]1OC21CCCCC1. The van der Waals surface area contributed by atoms with Gasteiger partial charge >= 0.3 is 0 Å². The molecule has 118 valence electrons. The summed E-state index contributed by atoms with van der Waals surface area (Å²) >= 11 is 0. The largest absolute Gasteiger partial charge is 0.393 e. The summed E-state index contributed by atoms with van der Waals surface area (Å²) in [5, 5.41) is 10.1. The number of carbonyl (C=O) groups is 1. The number of hydrogen-bond acceptors (Lipinski definition) is 3. The van der Waals surface area contributed by atoms with E-state index in [1.807, 2.05) is 0 Å². The van der Waals surface area contributed by atoms with Crippen LogP contribution in [0.3, 0.4) is 0 Å². The first-order chi connectivity index (χ1) is 10.1. The quantitative estimate of drug-likeness (QED) is 0.756. The second-order valence-electron chi connectivity index (χ2n) is 7.58. The Morgan fingerprint density at radius 3 is 2.62 bits per heavy atom. The van der Waals surface area contributed by atoms with Gasteiger partial charge in [0.2, 0.25) is 5.91 Å². The van der Waals surface area contributed by atoms with Crippen LogP contribution in [0.25, 0.3) is 0 Å². The number of carbonyl (C=O) groups excluding carboxylic acids is 1. The average molecular weight is 293 g/mol. The summed E-state index contributed by atoms with van der Waals surface area (Å²) in [4.78, 5) is 14.7. The molecule has 0 bridgehead atoms. The van der Waals surface area contributed by atoms with Gasteiger partial charge in [-0.25, -0.2) is 0 Å². The van der Waals surface area contributed by atoms with Gasteiger partial charge in [0.25, 0.3) is 0 Å². The van der Waals surface area contributed by atoms with E-state index in [9.17, 15) is 9.90 Å². The van der Waals surface area contributed by atoms with Crippen molar-refractivity contribution in [2.24, 2.45) is 11.8 Å². The number of fused-ring (bicyclic) bond motifs is 4. The van der Waals surface area contributed by atoms with Crippen molar-refractivity contribution < 1.29 is 14.6 Å². The molecule has 4 nitrogen and oxygen atoms in total. The molecule has 4 rings (SSSR count). The highest BCUT2D eigenvalue weighted by atomic mass is 16.5. The van der Waals surface area contributed by atoms with Crippen molar-refractivity contribution >= 4 is 5.91 Å². The molecule has 2 saturated heterocycles. The number of aliphatic hydroxyl groups is 1. The minimum atomic E-state index is -0.528. The molecule has 1 spiro atoms. The van der Waals surface area contributed by atoms with Gasteiger partial charge in [-0.15, -0.1) is 0 Å². The van der Waals surface area contributed by atoms with Gasteiger partial charge in [0.1, 0.15) is 5.72 Å². The van der Waals surface area contributed by atoms with Gasteiger partial charge in [-0.3, -0.25) is 4.79 Å². The highest BCUT2D eigenvalue weighted by molar-refractivity contribution is 5.87. The maximum absolute atomic E-state index is 12.7. The van der Waals surface area contributed by atoms with Crippen molar-refractivity contribution in [2.45, 2.75) is 88.7 Å². The minimum Gasteiger partial charge on any atom is -0.393 e. The maximum atomic E-state index is 12.7. The molecular weight excluding hydrogens is 266 g/mol. The molecule has 4 aliphatic rings. The number of ether oxygens (including phenoxy) is 1. The average Bonchev–Trinajstić information content (AvgIpc) is 2.45. The fourth-order valence-electron chi connectivity index (χ4n) is 5.42. The van der Waals surface area contributed by atoms with Gasteiger partial charge in [-0.2, -0.15) is 0 Å². The number of aliphatic hydroxyl groups excluding tert-OH is 1. The molecule has 0 aromatic carbocycles. The smallest absolute Gasteiger partial charge is 0.232 e. The highest BCUT2D eigenvalue weighted by Crippen LogP contribution is 2.54. The van der Waals surface area contributed by atoms with E-state index in [2.05, 4.69) is 4.90 Å². The van der Waals surface area contributed by atoms with E-state index >= 15 is 0 Å². The zero-order valence-electron chi connectivity index (χ0n) is 13.0. The molecule has 4 fully saturated rings. The van der Waals surface area contributed by atoms with E-state index in [-0.39, 0.29) is 23.6 Å². The van der Waals surface area contributed by atoms with Crippen LogP contribution in [0, 0.1) is 11.8 Å². The minimum absolute atomic E-state index is 0.140. The van der Waals surface area contributed by atoms with Crippen LogP contribution in [0.5, 0.6) is 0 Å². The molecular formula is C17H27NO3. The van der Waals surface area contributed by atoms with Gasteiger partial charge in [0, 0.05) is 5.92 Å². The summed E-state index contributed by atoms with van der Waals surface area (Å²) in [5.74, 6) is 0.405. The molecule has 2 heterocycles. The zero-order chi connectivity index (χ0) is 14.6. The Bertz CT molecular complexity index is 430. The molecule has 21 heavy (non-hydrogen) atoms. The molecule has 0 radical (unpaired) electrons. The van der Waals surface area contributed by atoms with Crippen molar-refractivity contribution in [3.8, 4) is 0 Å². The monoisotopic (exact) mass is 293 g/mol. The zero-order valence-corrected chi connectivity index (χ0v) is 13.0. The summed E-state index contributed by atoms with van der Waals surface area (Å²) in [6.07, 6.45) is 10.1. The second kappa shape index (κ2) is 4.95. The topological polar surface area (TPSA) is 49.8 Å². The molecule has 2 aliphatic heterocycles. The van der Waals surface area contributed by atoms with Gasteiger partial charge in [-0.1, -0.05) is 19.3 Å². The lowest BCUT2D eigenvalue weighted by Crippen LogP contribution is -2.79. The molecule has 4 heteroatoms. The Morgan fingerprint density at radius 1 is 1.19 bits per heavy atom. The van der Waals surface area contributed by atoms with Crippen molar-refractivity contribution in [3.63, 3.8) is 0 Å². The molecule has 1 amide bonds. The third-order valence-electron chi connectivity index (χ3n) is 6.35. The van der Waals surface area contributed by atoms with Crippen LogP contribution in [-0.4, -0.2) is 39.9 Å². The predicted molar refractivity (Wildman–Crippen MR) is 78.5 cm³/mol. The van der Waals surface area contributed by atoms with E-state index in [4.69, 9.17) is 4.74 Å². The molecule has 0 aromatic rings. The van der Waals surface area contributed by atoms with Crippen LogP contribution < -0.4 is 0 Å². The molecule has 0 unspecified atom stereocenters. The van der Waals surface area contributed by atoms with Crippen LogP contribution in [0.4, 0.5) is 0 Å². The van der Waals surface area contributed by atoms with Crippen LogP contribution >= 0.6 is 0 Å². The Morgan fingerprint density at radius 2 is 1.90 bits per heavy atom. The van der Waals surface area contributed by atoms with Crippen molar-refractivity contribution in [3.05, 3.63) is 0 Å². The lowest BCUT2D eigenvalue weighted by Gasteiger charge is -2.66. The summed E-state index contributed by atoms with van der Waals surface area (Å²) < 4.78 is 6.57. The predicted octanol–water partition coefficient (Wildman–Crippen LogP) is 2.44. The van der Waals surface area contributed by atoms with Crippen molar-refractivity contribution in [1.82, 2.24) is 4.90 Å².